The number of carbonyl (C=O) groups excluding carboxylic acids is 1. The van der Waals surface area contributed by atoms with Crippen LogP contribution in [-0.2, 0) is 17.5 Å². The van der Waals surface area contributed by atoms with Crippen LogP contribution < -0.4 is 5.32 Å². The normalized spacial score (nSPS) is 17.1. The van der Waals surface area contributed by atoms with Crippen molar-refractivity contribution >= 4 is 23.3 Å². The highest BCUT2D eigenvalue weighted by Crippen LogP contribution is 2.29. The summed E-state index contributed by atoms with van der Waals surface area (Å²) in [6.45, 7) is 4.93. The van der Waals surface area contributed by atoms with E-state index in [0.717, 1.165) is 6.07 Å². The smallest absolute Gasteiger partial charge is 0.309 e. The van der Waals surface area contributed by atoms with Gasteiger partial charge in [-0.15, -0.1) is 0 Å². The average Bonchev–Trinajstić information content (AvgIpc) is 2.69. The lowest BCUT2D eigenvalue weighted by atomic mass is 10.1. The van der Waals surface area contributed by atoms with Crippen LogP contribution in [-0.4, -0.2) is 52.9 Å². The van der Waals surface area contributed by atoms with Gasteiger partial charge in [-0.3, -0.25) is 14.6 Å². The number of pyridine rings is 1. The van der Waals surface area contributed by atoms with Crippen molar-refractivity contribution in [2.24, 2.45) is 0 Å². The van der Waals surface area contributed by atoms with Crippen molar-refractivity contribution in [1.82, 2.24) is 14.8 Å². The number of aromatic nitrogens is 1. The number of carbonyl (C=O) groups is 1. The maximum absolute atomic E-state index is 12.9. The van der Waals surface area contributed by atoms with Crippen LogP contribution in [0.1, 0.15) is 18.1 Å². The zero-order valence-electron chi connectivity index (χ0n) is 15.9. The van der Waals surface area contributed by atoms with Crippen LogP contribution in [0.3, 0.4) is 0 Å². The first-order chi connectivity index (χ1) is 13.7. The Labute approximate surface area is 172 Å². The Morgan fingerprint density at radius 1 is 1.21 bits per heavy atom. The van der Waals surface area contributed by atoms with Crippen LogP contribution >= 0.6 is 11.6 Å². The molecule has 0 saturated carbocycles. The van der Waals surface area contributed by atoms with Crippen molar-refractivity contribution in [2.75, 3.05) is 31.5 Å². The van der Waals surface area contributed by atoms with Gasteiger partial charge in [0.2, 0.25) is 5.91 Å². The molecule has 1 unspecified atom stereocenters. The second-order valence-corrected chi connectivity index (χ2v) is 7.47. The van der Waals surface area contributed by atoms with E-state index in [1.807, 2.05) is 11.8 Å². The number of benzene rings is 1. The van der Waals surface area contributed by atoms with Crippen LogP contribution in [0.4, 0.5) is 19.0 Å². The third-order valence-corrected chi connectivity index (χ3v) is 5.20. The van der Waals surface area contributed by atoms with Crippen LogP contribution in [0, 0.1) is 0 Å². The molecule has 1 saturated heterocycles. The molecule has 9 heteroatoms. The van der Waals surface area contributed by atoms with E-state index >= 15 is 0 Å². The van der Waals surface area contributed by atoms with Gasteiger partial charge >= 0.3 is 6.18 Å². The monoisotopic (exact) mass is 426 g/mol. The van der Waals surface area contributed by atoms with Crippen LogP contribution in [0.2, 0.25) is 5.02 Å². The molecular weight excluding hydrogens is 405 g/mol. The Kier molecular flexibility index (Phi) is 6.77. The van der Waals surface area contributed by atoms with E-state index in [-0.39, 0.29) is 11.9 Å². The Morgan fingerprint density at radius 2 is 1.93 bits per heavy atom. The fraction of sp³-hybridized carbons (Fsp3) is 0.400. The standard InChI is InChI=1S/C20H22ClF3N4O/c1-14(19(29)26-18-6-5-17(21)12-25-18)28-9-7-27(8-10-28)13-15-3-2-4-16(11-15)20(22,23)24/h2-6,11-12,14H,7-10,13H2,1H3,(H,25,26,29). The van der Waals surface area contributed by atoms with E-state index in [4.69, 9.17) is 11.6 Å². The minimum atomic E-state index is -4.34. The third-order valence-electron chi connectivity index (χ3n) is 4.97. The van der Waals surface area contributed by atoms with E-state index in [0.29, 0.717) is 49.1 Å². The van der Waals surface area contributed by atoms with Gasteiger partial charge in [-0.25, -0.2) is 4.98 Å². The molecule has 2 aromatic rings. The van der Waals surface area contributed by atoms with Crippen LogP contribution in [0.15, 0.2) is 42.6 Å². The molecule has 156 valence electrons. The highest BCUT2D eigenvalue weighted by atomic mass is 35.5. The molecule has 1 aromatic carbocycles. The minimum absolute atomic E-state index is 0.161. The number of nitrogens with one attached hydrogen (secondary N) is 1. The van der Waals surface area contributed by atoms with Crippen molar-refractivity contribution < 1.29 is 18.0 Å². The number of rotatable bonds is 5. The average molecular weight is 427 g/mol. The van der Waals surface area contributed by atoms with Crippen LogP contribution in [0.25, 0.3) is 0 Å². The molecule has 0 bridgehead atoms. The van der Waals surface area contributed by atoms with Gasteiger partial charge in [-0.05, 0) is 30.7 Å². The molecule has 1 aliphatic heterocycles. The molecule has 0 aliphatic carbocycles. The lowest BCUT2D eigenvalue weighted by Crippen LogP contribution is -2.52. The zero-order chi connectivity index (χ0) is 21.0. The van der Waals surface area contributed by atoms with Crippen molar-refractivity contribution in [3.63, 3.8) is 0 Å². The second-order valence-electron chi connectivity index (χ2n) is 7.04. The first kappa shape index (κ1) is 21.5. The largest absolute Gasteiger partial charge is 0.416 e. The number of alkyl halides is 3. The SMILES string of the molecule is CC(C(=O)Nc1ccc(Cl)cn1)N1CCN(Cc2cccc(C(F)(F)F)c2)CC1. The summed E-state index contributed by atoms with van der Waals surface area (Å²) in [4.78, 5) is 20.7. The Morgan fingerprint density at radius 3 is 2.55 bits per heavy atom. The molecule has 29 heavy (non-hydrogen) atoms. The van der Waals surface area contributed by atoms with E-state index in [1.54, 1.807) is 18.2 Å². The van der Waals surface area contributed by atoms with Gasteiger partial charge in [-0.1, -0.05) is 29.8 Å². The number of hydrogen-bond donors (Lipinski definition) is 1. The van der Waals surface area contributed by atoms with Gasteiger partial charge in [0, 0.05) is 38.9 Å². The number of amides is 1. The molecule has 0 spiro atoms. The van der Waals surface area contributed by atoms with Gasteiger partial charge in [0.25, 0.3) is 0 Å². The summed E-state index contributed by atoms with van der Waals surface area (Å²) in [5.41, 5.74) is 0.00242. The summed E-state index contributed by atoms with van der Waals surface area (Å²) in [7, 11) is 0. The maximum atomic E-state index is 12.9. The number of anilines is 1. The third kappa shape index (κ3) is 5.91. The Bertz CT molecular complexity index is 836. The predicted octanol–water partition coefficient (Wildman–Crippen LogP) is 3.90. The first-order valence-corrected chi connectivity index (χ1v) is 9.65. The topological polar surface area (TPSA) is 48.5 Å². The fourth-order valence-corrected chi connectivity index (χ4v) is 3.37. The molecular formula is C20H22ClF3N4O. The molecule has 1 N–H and O–H groups in total. The summed E-state index contributed by atoms with van der Waals surface area (Å²) in [6, 6.07) is 8.37. The fourth-order valence-electron chi connectivity index (χ4n) is 3.26. The molecule has 1 amide bonds. The number of piperazine rings is 1. The van der Waals surface area contributed by atoms with Crippen LogP contribution in [0.5, 0.6) is 0 Å². The number of halogens is 4. The molecule has 1 aliphatic rings. The maximum Gasteiger partial charge on any atom is 0.416 e. The van der Waals surface area contributed by atoms with E-state index < -0.39 is 11.7 Å². The summed E-state index contributed by atoms with van der Waals surface area (Å²) in [6.07, 6.45) is -2.87. The number of hydrogen-bond acceptors (Lipinski definition) is 4. The molecule has 3 rings (SSSR count). The predicted molar refractivity (Wildman–Crippen MR) is 106 cm³/mol. The van der Waals surface area contributed by atoms with E-state index in [1.165, 1.54) is 18.3 Å². The second kappa shape index (κ2) is 9.11. The molecule has 1 aromatic heterocycles. The lowest BCUT2D eigenvalue weighted by Gasteiger charge is -2.37. The molecule has 1 atom stereocenters. The van der Waals surface area contributed by atoms with Crippen molar-refractivity contribution in [2.45, 2.75) is 25.7 Å². The van der Waals surface area contributed by atoms with Gasteiger partial charge in [0.15, 0.2) is 0 Å². The molecule has 0 radical (unpaired) electrons. The molecule has 1 fully saturated rings. The zero-order valence-corrected chi connectivity index (χ0v) is 16.7. The summed E-state index contributed by atoms with van der Waals surface area (Å²) in [5, 5.41) is 3.26. The molecule has 2 heterocycles. The van der Waals surface area contributed by atoms with Gasteiger partial charge in [0.05, 0.1) is 16.6 Å². The highest BCUT2D eigenvalue weighted by Gasteiger charge is 2.31. The van der Waals surface area contributed by atoms with Crippen molar-refractivity contribution in [1.29, 1.82) is 0 Å². The van der Waals surface area contributed by atoms with Gasteiger partial charge < -0.3 is 5.32 Å². The van der Waals surface area contributed by atoms with Gasteiger partial charge in [0.1, 0.15) is 5.82 Å². The number of nitrogens with zero attached hydrogens (tertiary/aromatic N) is 3. The first-order valence-electron chi connectivity index (χ1n) is 9.27. The lowest BCUT2D eigenvalue weighted by molar-refractivity contribution is -0.137. The summed E-state index contributed by atoms with van der Waals surface area (Å²) in [5.74, 6) is 0.278. The summed E-state index contributed by atoms with van der Waals surface area (Å²) < 4.78 is 38.6. The Balaban J connectivity index is 1.51. The summed E-state index contributed by atoms with van der Waals surface area (Å²) >= 11 is 5.79. The highest BCUT2D eigenvalue weighted by molar-refractivity contribution is 6.30. The Hall–Kier alpha value is -2.16. The van der Waals surface area contributed by atoms with Crippen molar-refractivity contribution in [3.8, 4) is 0 Å². The molecule has 5 nitrogen and oxygen atoms in total. The van der Waals surface area contributed by atoms with E-state index in [2.05, 4.69) is 15.2 Å². The van der Waals surface area contributed by atoms with Crippen molar-refractivity contribution in [3.05, 3.63) is 58.7 Å². The van der Waals surface area contributed by atoms with E-state index in [9.17, 15) is 18.0 Å². The quantitative estimate of drug-likeness (QED) is 0.787. The van der Waals surface area contributed by atoms with Gasteiger partial charge in [-0.2, -0.15) is 13.2 Å². The minimum Gasteiger partial charge on any atom is -0.309 e.